The van der Waals surface area contributed by atoms with Gasteiger partial charge in [-0.1, -0.05) is 18.2 Å². The number of hydrogen-bond donors (Lipinski definition) is 1. The normalized spacial score (nSPS) is 11.7. The van der Waals surface area contributed by atoms with Crippen molar-refractivity contribution in [2.45, 2.75) is 26.1 Å². The highest BCUT2D eigenvalue weighted by molar-refractivity contribution is 5.74. The van der Waals surface area contributed by atoms with Gasteiger partial charge in [-0.3, -0.25) is 4.79 Å². The van der Waals surface area contributed by atoms with Crippen LogP contribution in [0.25, 0.3) is 0 Å². The lowest BCUT2D eigenvalue weighted by atomic mass is 10.2. The number of halogens is 1. The highest BCUT2D eigenvalue weighted by Crippen LogP contribution is 2.20. The SMILES string of the molecule is CC(CC(N)=O)Oc1ccc(OCc2ccccc2F)cc1. The zero-order valence-corrected chi connectivity index (χ0v) is 12.3. The number of rotatable bonds is 7. The van der Waals surface area contributed by atoms with Gasteiger partial charge >= 0.3 is 0 Å². The van der Waals surface area contributed by atoms with Crippen molar-refractivity contribution >= 4 is 5.91 Å². The van der Waals surface area contributed by atoms with Crippen LogP contribution in [0.1, 0.15) is 18.9 Å². The van der Waals surface area contributed by atoms with E-state index in [0.717, 1.165) is 0 Å². The Labute approximate surface area is 128 Å². The average Bonchev–Trinajstić information content (AvgIpc) is 2.47. The molecule has 2 aromatic rings. The van der Waals surface area contributed by atoms with Gasteiger partial charge in [0.2, 0.25) is 5.91 Å². The first-order chi connectivity index (χ1) is 10.5. The second-order valence-electron chi connectivity index (χ2n) is 4.95. The highest BCUT2D eigenvalue weighted by Gasteiger charge is 2.08. The standard InChI is InChI=1S/C17H18FNO3/c1-12(10-17(19)20)22-15-8-6-14(7-9-15)21-11-13-4-2-3-5-16(13)18/h2-9,12H,10-11H2,1H3,(H2,19,20). The number of benzene rings is 2. The molecule has 4 nitrogen and oxygen atoms in total. The Morgan fingerprint density at radius 3 is 2.41 bits per heavy atom. The molecule has 5 heteroatoms. The molecule has 0 aliphatic rings. The van der Waals surface area contributed by atoms with Gasteiger partial charge in [-0.25, -0.2) is 4.39 Å². The molecule has 0 aromatic heterocycles. The third-order valence-electron chi connectivity index (χ3n) is 3.00. The quantitative estimate of drug-likeness (QED) is 0.855. The lowest BCUT2D eigenvalue weighted by Gasteiger charge is -2.13. The summed E-state index contributed by atoms with van der Waals surface area (Å²) in [6, 6.07) is 13.4. The van der Waals surface area contributed by atoms with Crippen LogP contribution in [0, 0.1) is 5.82 Å². The molecular weight excluding hydrogens is 285 g/mol. The van der Waals surface area contributed by atoms with Crippen molar-refractivity contribution in [3.05, 3.63) is 59.9 Å². The summed E-state index contributed by atoms with van der Waals surface area (Å²) in [5, 5.41) is 0. The number of amides is 1. The molecule has 1 amide bonds. The molecule has 0 heterocycles. The van der Waals surface area contributed by atoms with Crippen molar-refractivity contribution in [2.75, 3.05) is 0 Å². The molecule has 0 spiro atoms. The van der Waals surface area contributed by atoms with Gasteiger partial charge in [0.15, 0.2) is 0 Å². The van der Waals surface area contributed by atoms with Crippen LogP contribution in [0.2, 0.25) is 0 Å². The van der Waals surface area contributed by atoms with Gasteiger partial charge in [0.05, 0.1) is 6.42 Å². The molecule has 0 aliphatic heterocycles. The maximum absolute atomic E-state index is 13.5. The molecule has 0 aliphatic carbocycles. The molecule has 116 valence electrons. The molecule has 22 heavy (non-hydrogen) atoms. The summed E-state index contributed by atoms with van der Waals surface area (Å²) >= 11 is 0. The lowest BCUT2D eigenvalue weighted by Crippen LogP contribution is -2.22. The summed E-state index contributed by atoms with van der Waals surface area (Å²) in [4.78, 5) is 10.8. The van der Waals surface area contributed by atoms with Gasteiger partial charge in [-0.15, -0.1) is 0 Å². The van der Waals surface area contributed by atoms with Gasteiger partial charge < -0.3 is 15.2 Å². The van der Waals surface area contributed by atoms with Crippen molar-refractivity contribution in [2.24, 2.45) is 5.73 Å². The van der Waals surface area contributed by atoms with Crippen LogP contribution in [0.3, 0.4) is 0 Å². The van der Waals surface area contributed by atoms with E-state index in [-0.39, 0.29) is 24.9 Å². The van der Waals surface area contributed by atoms with Crippen molar-refractivity contribution in [1.29, 1.82) is 0 Å². The van der Waals surface area contributed by atoms with E-state index in [1.165, 1.54) is 6.07 Å². The lowest BCUT2D eigenvalue weighted by molar-refractivity contribution is -0.119. The minimum Gasteiger partial charge on any atom is -0.490 e. The topological polar surface area (TPSA) is 61.6 Å². The van der Waals surface area contributed by atoms with Crippen LogP contribution in [-0.4, -0.2) is 12.0 Å². The summed E-state index contributed by atoms with van der Waals surface area (Å²) in [5.74, 6) is 0.533. The maximum atomic E-state index is 13.5. The first-order valence-corrected chi connectivity index (χ1v) is 6.96. The summed E-state index contributed by atoms with van der Waals surface area (Å²) < 4.78 is 24.5. The van der Waals surface area contributed by atoms with E-state index in [9.17, 15) is 9.18 Å². The van der Waals surface area contributed by atoms with Crippen molar-refractivity contribution < 1.29 is 18.7 Å². The summed E-state index contributed by atoms with van der Waals surface area (Å²) in [7, 11) is 0. The highest BCUT2D eigenvalue weighted by atomic mass is 19.1. The Kier molecular flexibility index (Phi) is 5.36. The molecule has 2 rings (SSSR count). The van der Waals surface area contributed by atoms with E-state index in [2.05, 4.69) is 0 Å². The number of ether oxygens (including phenoxy) is 2. The van der Waals surface area contributed by atoms with Gasteiger partial charge in [0, 0.05) is 5.56 Å². The largest absolute Gasteiger partial charge is 0.490 e. The van der Waals surface area contributed by atoms with E-state index in [1.54, 1.807) is 49.4 Å². The van der Waals surface area contributed by atoms with E-state index < -0.39 is 5.91 Å². The van der Waals surface area contributed by atoms with Crippen LogP contribution in [0.5, 0.6) is 11.5 Å². The van der Waals surface area contributed by atoms with Crippen LogP contribution in [-0.2, 0) is 11.4 Å². The third kappa shape index (κ3) is 4.77. The third-order valence-corrected chi connectivity index (χ3v) is 3.00. The molecular formula is C17H18FNO3. The minimum absolute atomic E-state index is 0.158. The van der Waals surface area contributed by atoms with Crippen molar-refractivity contribution in [1.82, 2.24) is 0 Å². The van der Waals surface area contributed by atoms with E-state index >= 15 is 0 Å². The van der Waals surface area contributed by atoms with Crippen LogP contribution in [0.15, 0.2) is 48.5 Å². The Morgan fingerprint density at radius 2 is 1.77 bits per heavy atom. The van der Waals surface area contributed by atoms with Gasteiger partial charge in [0.25, 0.3) is 0 Å². The fourth-order valence-electron chi connectivity index (χ4n) is 1.95. The Morgan fingerprint density at radius 1 is 1.14 bits per heavy atom. The maximum Gasteiger partial charge on any atom is 0.221 e. The summed E-state index contributed by atoms with van der Waals surface area (Å²) in [6.07, 6.45) is -0.131. The van der Waals surface area contributed by atoms with Gasteiger partial charge in [0.1, 0.15) is 30.0 Å². The second-order valence-corrected chi connectivity index (χ2v) is 4.95. The fraction of sp³-hybridized carbons (Fsp3) is 0.235. The molecule has 2 aromatic carbocycles. The Bertz CT molecular complexity index is 628. The number of carbonyl (C=O) groups is 1. The number of carbonyl (C=O) groups excluding carboxylic acids is 1. The number of nitrogens with two attached hydrogens (primary N) is 1. The fourth-order valence-corrected chi connectivity index (χ4v) is 1.95. The first kappa shape index (κ1) is 15.8. The molecule has 1 atom stereocenters. The second kappa shape index (κ2) is 7.45. The monoisotopic (exact) mass is 303 g/mol. The van der Waals surface area contributed by atoms with Crippen LogP contribution >= 0.6 is 0 Å². The number of hydrogen-bond acceptors (Lipinski definition) is 3. The van der Waals surface area contributed by atoms with Crippen LogP contribution in [0.4, 0.5) is 4.39 Å². The predicted octanol–water partition coefficient (Wildman–Crippen LogP) is 3.05. The number of primary amides is 1. The summed E-state index contributed by atoms with van der Waals surface area (Å²) in [6.45, 7) is 1.93. The Hall–Kier alpha value is -2.56. The van der Waals surface area contributed by atoms with Crippen LogP contribution < -0.4 is 15.2 Å². The zero-order chi connectivity index (χ0) is 15.9. The Balaban J connectivity index is 1.89. The molecule has 0 fully saturated rings. The molecule has 0 radical (unpaired) electrons. The molecule has 0 saturated heterocycles. The smallest absolute Gasteiger partial charge is 0.221 e. The minimum atomic E-state index is -0.405. The molecule has 0 bridgehead atoms. The average molecular weight is 303 g/mol. The van der Waals surface area contributed by atoms with Gasteiger partial charge in [-0.05, 0) is 37.3 Å². The van der Waals surface area contributed by atoms with E-state index in [1.807, 2.05) is 0 Å². The predicted molar refractivity (Wildman–Crippen MR) is 81.1 cm³/mol. The van der Waals surface area contributed by atoms with Gasteiger partial charge in [-0.2, -0.15) is 0 Å². The summed E-state index contributed by atoms with van der Waals surface area (Å²) in [5.41, 5.74) is 5.61. The molecule has 2 N–H and O–H groups in total. The molecule has 1 unspecified atom stereocenters. The zero-order valence-electron chi connectivity index (χ0n) is 12.3. The van der Waals surface area contributed by atoms with Crippen molar-refractivity contribution in [3.8, 4) is 11.5 Å². The molecule has 0 saturated carbocycles. The van der Waals surface area contributed by atoms with Crippen molar-refractivity contribution in [3.63, 3.8) is 0 Å². The van der Waals surface area contributed by atoms with E-state index in [0.29, 0.717) is 17.1 Å². The first-order valence-electron chi connectivity index (χ1n) is 6.96. The van der Waals surface area contributed by atoms with E-state index in [4.69, 9.17) is 15.2 Å².